The Morgan fingerprint density at radius 2 is 1.95 bits per heavy atom. The van der Waals surface area contributed by atoms with E-state index in [1.807, 2.05) is 26.8 Å². The van der Waals surface area contributed by atoms with Gasteiger partial charge in [0.15, 0.2) is 0 Å². The topological polar surface area (TPSA) is 155 Å². The van der Waals surface area contributed by atoms with Crippen LogP contribution in [-0.4, -0.2) is 36.3 Å². The van der Waals surface area contributed by atoms with Crippen LogP contribution in [0.25, 0.3) is 10.9 Å². The molecule has 41 heavy (non-hydrogen) atoms. The van der Waals surface area contributed by atoms with Crippen molar-refractivity contribution in [2.45, 2.75) is 32.3 Å². The molecule has 2 aromatic carbocycles. The van der Waals surface area contributed by atoms with Crippen molar-refractivity contribution in [3.63, 3.8) is 0 Å². The lowest BCUT2D eigenvalue weighted by molar-refractivity contribution is -0.174. The minimum atomic E-state index is -4.09. The number of nitrogens with two attached hydrogens (primary N) is 1. The Balaban J connectivity index is 1.87. The standard InChI is InChI=1S/C27H25BClF2N9O/c1-25(2,3)14-36-22-16(11-33)12-35-23-19(22)8-18(9-20(23)29)37-26(28,17-6-4-5-15(7-17)10-32)21-13-40(39-38-21)27(30,31)24(34)41/h4-9,12-13,37-39H,14H2,1-3H3,(H2,34,41)(H,35,36). The highest BCUT2D eigenvalue weighted by atomic mass is 35.5. The first-order chi connectivity index (χ1) is 19.2. The lowest BCUT2D eigenvalue weighted by Crippen LogP contribution is -2.55. The third kappa shape index (κ3) is 5.82. The summed E-state index contributed by atoms with van der Waals surface area (Å²) in [6.45, 7) is 6.64. The zero-order chi connectivity index (χ0) is 30.2. The highest BCUT2D eigenvalue weighted by Gasteiger charge is 2.47. The Morgan fingerprint density at radius 3 is 2.59 bits per heavy atom. The molecule has 0 bridgehead atoms. The Kier molecular flexibility index (Phi) is 7.72. The van der Waals surface area contributed by atoms with Gasteiger partial charge < -0.3 is 21.8 Å². The number of carbonyl (C=O) groups excluding carboxylic acids is 1. The summed E-state index contributed by atoms with van der Waals surface area (Å²) in [5.41, 5.74) is 9.83. The molecular weight excluding hydrogens is 551 g/mol. The van der Waals surface area contributed by atoms with Crippen LogP contribution in [-0.2, 0) is 10.2 Å². The van der Waals surface area contributed by atoms with Crippen molar-refractivity contribution in [3.05, 3.63) is 76.2 Å². The van der Waals surface area contributed by atoms with E-state index in [1.165, 1.54) is 12.3 Å². The fourth-order valence-corrected chi connectivity index (χ4v) is 4.37. The number of hydrazine groups is 2. The molecule has 4 rings (SSSR count). The summed E-state index contributed by atoms with van der Waals surface area (Å²) in [5, 5.41) is 26.6. The molecule has 3 aromatic rings. The van der Waals surface area contributed by atoms with Crippen LogP contribution in [0.15, 0.2) is 54.5 Å². The van der Waals surface area contributed by atoms with E-state index >= 15 is 0 Å². The first-order valence-electron chi connectivity index (χ1n) is 12.2. The van der Waals surface area contributed by atoms with Crippen LogP contribution in [0.5, 0.6) is 0 Å². The normalized spacial score (nSPS) is 14.8. The van der Waals surface area contributed by atoms with Crippen molar-refractivity contribution in [1.29, 1.82) is 10.5 Å². The van der Waals surface area contributed by atoms with E-state index in [0.29, 0.717) is 39.9 Å². The molecule has 1 amide bonds. The second-order valence-corrected chi connectivity index (χ2v) is 11.0. The quantitative estimate of drug-likeness (QED) is 0.199. The van der Waals surface area contributed by atoms with Crippen LogP contribution in [0, 0.1) is 28.1 Å². The third-order valence-corrected chi connectivity index (χ3v) is 6.51. The van der Waals surface area contributed by atoms with E-state index < -0.39 is 17.4 Å². The van der Waals surface area contributed by atoms with Crippen molar-refractivity contribution in [3.8, 4) is 12.1 Å². The fraction of sp³-hybridized carbons (Fsp3) is 0.259. The van der Waals surface area contributed by atoms with Crippen LogP contribution >= 0.6 is 11.6 Å². The lowest BCUT2D eigenvalue weighted by Gasteiger charge is -2.34. The number of alkyl halides is 2. The molecule has 208 valence electrons. The number of benzene rings is 2. The second-order valence-electron chi connectivity index (χ2n) is 10.6. The Morgan fingerprint density at radius 1 is 1.22 bits per heavy atom. The van der Waals surface area contributed by atoms with E-state index in [-0.39, 0.29) is 26.7 Å². The largest absolute Gasteiger partial charge is 0.418 e. The summed E-state index contributed by atoms with van der Waals surface area (Å²) in [5.74, 6) is -1.89. The molecule has 2 radical (unpaired) electrons. The number of halogens is 3. The van der Waals surface area contributed by atoms with E-state index in [2.05, 4.69) is 32.6 Å². The minimum absolute atomic E-state index is 0.0419. The maximum absolute atomic E-state index is 14.4. The van der Waals surface area contributed by atoms with Crippen molar-refractivity contribution >= 4 is 47.6 Å². The summed E-state index contributed by atoms with van der Waals surface area (Å²) < 4.78 is 28.8. The van der Waals surface area contributed by atoms with Gasteiger partial charge in [0.05, 0.1) is 44.6 Å². The van der Waals surface area contributed by atoms with Gasteiger partial charge in [-0.05, 0) is 35.2 Å². The molecule has 2 heterocycles. The zero-order valence-corrected chi connectivity index (χ0v) is 23.1. The molecule has 6 N–H and O–H groups in total. The van der Waals surface area contributed by atoms with E-state index in [4.69, 9.17) is 25.2 Å². The predicted octanol–water partition coefficient (Wildman–Crippen LogP) is 3.77. The molecular formula is C27H25BClF2N9O. The molecule has 0 aliphatic carbocycles. The molecule has 1 aliphatic heterocycles. The van der Waals surface area contributed by atoms with Gasteiger partial charge in [0.1, 0.15) is 13.9 Å². The zero-order valence-electron chi connectivity index (χ0n) is 22.3. The second kappa shape index (κ2) is 10.8. The van der Waals surface area contributed by atoms with Crippen molar-refractivity contribution < 1.29 is 13.6 Å². The van der Waals surface area contributed by atoms with E-state index in [0.717, 1.165) is 6.20 Å². The molecule has 10 nitrogen and oxygen atoms in total. The van der Waals surface area contributed by atoms with Gasteiger partial charge in [-0.2, -0.15) is 19.3 Å². The number of pyridine rings is 1. The number of amides is 1. The Labute approximate surface area is 241 Å². The summed E-state index contributed by atoms with van der Waals surface area (Å²) in [7, 11) is 6.86. The van der Waals surface area contributed by atoms with Crippen molar-refractivity contribution in [2.24, 2.45) is 11.1 Å². The summed E-state index contributed by atoms with van der Waals surface area (Å²) in [6, 6.07) is 9.51. The van der Waals surface area contributed by atoms with Gasteiger partial charge in [0, 0.05) is 30.0 Å². The number of rotatable bonds is 8. The van der Waals surface area contributed by atoms with Gasteiger partial charge in [0.25, 0.3) is 0 Å². The molecule has 1 unspecified atom stereocenters. The van der Waals surface area contributed by atoms with Gasteiger partial charge >= 0.3 is 12.0 Å². The molecule has 0 saturated carbocycles. The predicted molar refractivity (Wildman–Crippen MR) is 152 cm³/mol. The smallest absolute Gasteiger partial charge is 0.383 e. The number of nitrogens with zero attached hydrogens (tertiary/aromatic N) is 4. The number of fused-ring (bicyclic) bond motifs is 1. The highest BCUT2D eigenvalue weighted by molar-refractivity contribution is 6.36. The van der Waals surface area contributed by atoms with Gasteiger partial charge in [-0.15, -0.1) is 5.53 Å². The maximum Gasteiger partial charge on any atom is 0.418 e. The SMILES string of the molecule is [B]C(Nc1cc(Cl)c2ncc(C#N)c(NCC(C)(C)C)c2c1)(C1=CN(C(F)(F)C(N)=O)NN1)c1cccc(C#N)c1. The molecule has 1 aromatic heterocycles. The van der Waals surface area contributed by atoms with Gasteiger partial charge in [-0.3, -0.25) is 9.78 Å². The average Bonchev–Trinajstić information content (AvgIpc) is 3.43. The monoisotopic (exact) mass is 575 g/mol. The van der Waals surface area contributed by atoms with Gasteiger partial charge in [-0.25, -0.2) is 5.01 Å². The number of anilines is 2. The van der Waals surface area contributed by atoms with Crippen LogP contribution < -0.4 is 27.3 Å². The number of primary amides is 1. The summed E-state index contributed by atoms with van der Waals surface area (Å²) >= 11 is 6.62. The highest BCUT2D eigenvalue weighted by Crippen LogP contribution is 2.38. The third-order valence-electron chi connectivity index (χ3n) is 6.22. The molecule has 1 atom stereocenters. The number of hydrogen-bond acceptors (Lipinski definition) is 9. The van der Waals surface area contributed by atoms with Gasteiger partial charge in [-0.1, -0.05) is 44.5 Å². The Bertz CT molecular complexity index is 1640. The van der Waals surface area contributed by atoms with Crippen molar-refractivity contribution in [2.75, 3.05) is 17.2 Å². The average molecular weight is 576 g/mol. The van der Waals surface area contributed by atoms with Crippen LogP contribution in [0.1, 0.15) is 37.5 Å². The van der Waals surface area contributed by atoms with Crippen molar-refractivity contribution in [1.82, 2.24) is 21.0 Å². The van der Waals surface area contributed by atoms with Crippen LogP contribution in [0.2, 0.25) is 5.02 Å². The number of hydrogen-bond donors (Lipinski definition) is 5. The summed E-state index contributed by atoms with van der Waals surface area (Å²) in [4.78, 5) is 15.7. The van der Waals surface area contributed by atoms with E-state index in [1.54, 1.807) is 30.3 Å². The molecule has 14 heteroatoms. The molecule has 0 spiro atoms. The molecule has 0 saturated heterocycles. The maximum atomic E-state index is 14.4. The molecule has 0 fully saturated rings. The van der Waals surface area contributed by atoms with Crippen LogP contribution in [0.4, 0.5) is 20.2 Å². The molecule has 1 aliphatic rings. The first-order valence-corrected chi connectivity index (χ1v) is 12.6. The number of carbonyl (C=O) groups is 1. The minimum Gasteiger partial charge on any atom is -0.383 e. The van der Waals surface area contributed by atoms with E-state index in [9.17, 15) is 24.1 Å². The lowest BCUT2D eigenvalue weighted by atomic mass is 9.69. The van der Waals surface area contributed by atoms with Gasteiger partial charge in [0.2, 0.25) is 0 Å². The number of nitriles is 2. The fourth-order valence-electron chi connectivity index (χ4n) is 4.10. The number of aromatic nitrogens is 1. The Hall–Kier alpha value is -4.59. The van der Waals surface area contributed by atoms with Crippen LogP contribution in [0.3, 0.4) is 0 Å². The number of nitrogens with one attached hydrogen (secondary N) is 4. The summed E-state index contributed by atoms with van der Waals surface area (Å²) in [6.07, 6.45) is 2.32. The first kappa shape index (κ1) is 29.4.